The molecule has 2 N–H and O–H groups in total. The van der Waals surface area contributed by atoms with Crippen LogP contribution in [0.15, 0.2) is 24.4 Å². The molecule has 1 aliphatic rings. The number of piperazine rings is 1. The molecule has 4 rings (SSSR count). The summed E-state index contributed by atoms with van der Waals surface area (Å²) < 4.78 is 10.7. The zero-order chi connectivity index (χ0) is 23.5. The maximum absolute atomic E-state index is 12.4. The fraction of sp³-hybridized carbons (Fsp3) is 0.409. The first-order valence-corrected chi connectivity index (χ1v) is 10.6. The first kappa shape index (κ1) is 22.5. The number of fused-ring (bicyclic) bond motifs is 1. The standard InChI is InChI=1S/C22H28N8O3/c1-28(2)13-18(31)29-7-9-30(10-8-29)21-19-20(26-22(23)27-21)24-12-15(25-19)14-5-6-16(32-3)17(11-14)33-4/h5-6,11-12H,7-10,13H2,1-4H3,(H2,23,24,26,27). The summed E-state index contributed by atoms with van der Waals surface area (Å²) >= 11 is 0. The molecule has 0 bridgehead atoms. The summed E-state index contributed by atoms with van der Waals surface area (Å²) in [6.07, 6.45) is 1.65. The van der Waals surface area contributed by atoms with Gasteiger partial charge in [0, 0.05) is 31.7 Å². The molecule has 3 heterocycles. The van der Waals surface area contributed by atoms with Gasteiger partial charge in [-0.1, -0.05) is 0 Å². The van der Waals surface area contributed by atoms with Crippen LogP contribution in [0.2, 0.25) is 0 Å². The van der Waals surface area contributed by atoms with Gasteiger partial charge in [-0.05, 0) is 32.3 Å². The average Bonchev–Trinajstić information content (AvgIpc) is 2.82. The van der Waals surface area contributed by atoms with Crippen molar-refractivity contribution in [3.05, 3.63) is 24.4 Å². The summed E-state index contributed by atoms with van der Waals surface area (Å²) in [7, 11) is 6.96. The number of benzene rings is 1. The van der Waals surface area contributed by atoms with Crippen molar-refractivity contribution in [2.24, 2.45) is 0 Å². The lowest BCUT2D eigenvalue weighted by Gasteiger charge is -2.36. The molecule has 0 atom stereocenters. The molecule has 11 nitrogen and oxygen atoms in total. The number of nitrogens with zero attached hydrogens (tertiary/aromatic N) is 7. The number of nitrogen functional groups attached to an aromatic ring is 1. The van der Waals surface area contributed by atoms with Gasteiger partial charge >= 0.3 is 0 Å². The number of nitrogens with two attached hydrogens (primary N) is 1. The van der Waals surface area contributed by atoms with E-state index in [0.717, 1.165) is 5.56 Å². The molecule has 2 aromatic heterocycles. The molecule has 0 spiro atoms. The Bertz CT molecular complexity index is 1160. The maximum Gasteiger partial charge on any atom is 0.236 e. The van der Waals surface area contributed by atoms with E-state index < -0.39 is 0 Å². The molecule has 0 radical (unpaired) electrons. The monoisotopic (exact) mass is 452 g/mol. The van der Waals surface area contributed by atoms with Crippen LogP contribution < -0.4 is 20.1 Å². The maximum atomic E-state index is 12.4. The molecule has 1 amide bonds. The minimum absolute atomic E-state index is 0.113. The van der Waals surface area contributed by atoms with Gasteiger partial charge in [0.1, 0.15) is 0 Å². The number of carbonyl (C=O) groups is 1. The predicted molar refractivity (Wildman–Crippen MR) is 125 cm³/mol. The molecule has 0 unspecified atom stereocenters. The van der Waals surface area contributed by atoms with Crippen molar-refractivity contribution < 1.29 is 14.3 Å². The van der Waals surface area contributed by atoms with Gasteiger partial charge in [-0.25, -0.2) is 9.97 Å². The highest BCUT2D eigenvalue weighted by Crippen LogP contribution is 2.32. The first-order chi connectivity index (χ1) is 15.9. The zero-order valence-electron chi connectivity index (χ0n) is 19.3. The van der Waals surface area contributed by atoms with E-state index in [1.54, 1.807) is 20.4 Å². The number of carbonyl (C=O) groups excluding carboxylic acids is 1. The lowest BCUT2D eigenvalue weighted by Crippen LogP contribution is -2.51. The highest BCUT2D eigenvalue weighted by Gasteiger charge is 2.25. The number of rotatable bonds is 6. The molecule has 1 fully saturated rings. The molecule has 3 aromatic rings. The van der Waals surface area contributed by atoms with Crippen molar-refractivity contribution in [3.8, 4) is 22.8 Å². The third-order valence-electron chi connectivity index (χ3n) is 5.47. The molecule has 1 aromatic carbocycles. The van der Waals surface area contributed by atoms with Crippen LogP contribution in [0.5, 0.6) is 11.5 Å². The summed E-state index contributed by atoms with van der Waals surface area (Å²) in [5.41, 5.74) is 8.42. The van der Waals surface area contributed by atoms with E-state index >= 15 is 0 Å². The molecular formula is C22H28N8O3. The van der Waals surface area contributed by atoms with Crippen LogP contribution in [-0.2, 0) is 4.79 Å². The Balaban J connectivity index is 1.65. The topological polar surface area (TPSA) is 123 Å². The second kappa shape index (κ2) is 9.41. The number of ether oxygens (including phenoxy) is 2. The van der Waals surface area contributed by atoms with Crippen LogP contribution in [0.4, 0.5) is 11.8 Å². The number of likely N-dealkylation sites (N-methyl/N-ethyl adjacent to an activating group) is 1. The minimum Gasteiger partial charge on any atom is -0.493 e. The van der Waals surface area contributed by atoms with Gasteiger partial charge in [-0.3, -0.25) is 4.79 Å². The van der Waals surface area contributed by atoms with Gasteiger partial charge in [-0.15, -0.1) is 0 Å². The van der Waals surface area contributed by atoms with E-state index in [-0.39, 0.29) is 11.9 Å². The van der Waals surface area contributed by atoms with Crippen molar-refractivity contribution in [2.75, 3.05) is 71.7 Å². The van der Waals surface area contributed by atoms with Gasteiger partial charge in [0.15, 0.2) is 28.5 Å². The van der Waals surface area contributed by atoms with Crippen LogP contribution in [0.1, 0.15) is 0 Å². The summed E-state index contributed by atoms with van der Waals surface area (Å²) in [5.74, 6) is 2.10. The number of hydrogen-bond acceptors (Lipinski definition) is 10. The summed E-state index contributed by atoms with van der Waals surface area (Å²) in [4.78, 5) is 36.2. The highest BCUT2D eigenvalue weighted by atomic mass is 16.5. The minimum atomic E-state index is 0.113. The van der Waals surface area contributed by atoms with Crippen molar-refractivity contribution in [1.82, 2.24) is 29.7 Å². The highest BCUT2D eigenvalue weighted by molar-refractivity contribution is 5.86. The molecule has 1 aliphatic heterocycles. The Hall–Kier alpha value is -3.73. The zero-order valence-corrected chi connectivity index (χ0v) is 19.3. The van der Waals surface area contributed by atoms with Gasteiger partial charge in [-0.2, -0.15) is 9.97 Å². The molecular weight excluding hydrogens is 424 g/mol. The number of amides is 1. The number of anilines is 2. The number of methoxy groups -OCH3 is 2. The molecule has 0 aliphatic carbocycles. The van der Waals surface area contributed by atoms with Crippen molar-refractivity contribution >= 4 is 28.8 Å². The Morgan fingerprint density at radius 3 is 2.45 bits per heavy atom. The normalized spacial score (nSPS) is 14.1. The smallest absolute Gasteiger partial charge is 0.236 e. The van der Waals surface area contributed by atoms with E-state index in [4.69, 9.17) is 20.2 Å². The fourth-order valence-corrected chi connectivity index (χ4v) is 3.80. The fourth-order valence-electron chi connectivity index (χ4n) is 3.80. The van der Waals surface area contributed by atoms with Crippen LogP contribution in [0, 0.1) is 0 Å². The predicted octanol–water partition coefficient (Wildman–Crippen LogP) is 0.896. The van der Waals surface area contributed by atoms with Crippen LogP contribution in [0.25, 0.3) is 22.4 Å². The number of aromatic nitrogens is 4. The third kappa shape index (κ3) is 4.72. The van der Waals surface area contributed by atoms with Crippen molar-refractivity contribution in [2.45, 2.75) is 0 Å². The van der Waals surface area contributed by atoms with Crippen LogP contribution in [-0.4, -0.2) is 96.7 Å². The Kier molecular flexibility index (Phi) is 6.40. The van der Waals surface area contributed by atoms with Gasteiger partial charge in [0.05, 0.1) is 32.7 Å². The summed E-state index contributed by atoms with van der Waals surface area (Å²) in [6, 6.07) is 5.57. The van der Waals surface area contributed by atoms with Gasteiger partial charge < -0.3 is 29.9 Å². The van der Waals surface area contributed by atoms with Crippen LogP contribution in [0.3, 0.4) is 0 Å². The van der Waals surface area contributed by atoms with E-state index in [2.05, 4.69) is 19.9 Å². The second-order valence-corrected chi connectivity index (χ2v) is 8.01. The van der Waals surface area contributed by atoms with E-state index in [0.29, 0.717) is 66.9 Å². The van der Waals surface area contributed by atoms with E-state index in [1.807, 2.05) is 42.1 Å². The van der Waals surface area contributed by atoms with Gasteiger partial charge in [0.2, 0.25) is 11.9 Å². The molecule has 33 heavy (non-hydrogen) atoms. The number of hydrogen-bond donors (Lipinski definition) is 1. The van der Waals surface area contributed by atoms with Gasteiger partial charge in [0.25, 0.3) is 0 Å². The Labute approximate surface area is 192 Å². The SMILES string of the molecule is COc1ccc(-c2cnc3nc(N)nc(N4CCN(C(=O)CN(C)C)CC4)c3n2)cc1OC. The van der Waals surface area contributed by atoms with Crippen LogP contribution >= 0.6 is 0 Å². The molecule has 1 saturated heterocycles. The average molecular weight is 453 g/mol. The molecule has 11 heteroatoms. The lowest BCUT2D eigenvalue weighted by molar-refractivity contribution is -0.132. The lowest BCUT2D eigenvalue weighted by atomic mass is 10.1. The van der Waals surface area contributed by atoms with Crippen molar-refractivity contribution in [1.29, 1.82) is 0 Å². The van der Waals surface area contributed by atoms with E-state index in [9.17, 15) is 4.79 Å². The third-order valence-corrected chi connectivity index (χ3v) is 5.47. The quantitative estimate of drug-likeness (QED) is 0.577. The van der Waals surface area contributed by atoms with E-state index in [1.165, 1.54) is 0 Å². The Morgan fingerprint density at radius 2 is 1.79 bits per heavy atom. The second-order valence-electron chi connectivity index (χ2n) is 8.01. The Morgan fingerprint density at radius 1 is 1.06 bits per heavy atom. The first-order valence-electron chi connectivity index (χ1n) is 10.6. The summed E-state index contributed by atoms with van der Waals surface area (Å²) in [6.45, 7) is 2.82. The molecule has 174 valence electrons. The molecule has 0 saturated carbocycles. The van der Waals surface area contributed by atoms with Crippen molar-refractivity contribution in [3.63, 3.8) is 0 Å². The largest absolute Gasteiger partial charge is 0.493 e. The summed E-state index contributed by atoms with van der Waals surface area (Å²) in [5, 5.41) is 0.